The van der Waals surface area contributed by atoms with Crippen LogP contribution in [-0.4, -0.2) is 46.5 Å². The van der Waals surface area contributed by atoms with Crippen molar-refractivity contribution in [3.8, 4) is 5.75 Å². The molecule has 168 valence electrons. The average molecular weight is 438 g/mol. The number of β-amino-alcohol motifs (C(OH)–C–C–N with tert-alkyl or cyclic N) is 1. The lowest BCUT2D eigenvalue weighted by Crippen LogP contribution is -2.40. The Labute approximate surface area is 184 Å². The Morgan fingerprint density at radius 1 is 1.25 bits per heavy atom. The molecule has 3 aromatic rings. The quantitative estimate of drug-likeness (QED) is 0.534. The number of rotatable bonds is 4. The summed E-state index contributed by atoms with van der Waals surface area (Å²) in [6, 6.07) is 8.27. The van der Waals surface area contributed by atoms with Gasteiger partial charge in [-0.3, -0.25) is 4.79 Å². The second-order valence-electron chi connectivity index (χ2n) is 8.57. The molecule has 2 heterocycles. The van der Waals surface area contributed by atoms with Gasteiger partial charge in [-0.2, -0.15) is 0 Å². The Kier molecular flexibility index (Phi) is 5.85. The van der Waals surface area contributed by atoms with Gasteiger partial charge in [0.1, 0.15) is 34.3 Å². The monoisotopic (exact) mass is 438 g/mol. The molecular weight excluding hydrogens is 412 g/mol. The summed E-state index contributed by atoms with van der Waals surface area (Å²) in [6.45, 7) is 4.50. The molecule has 0 saturated carbocycles. The number of benzene rings is 2. The zero-order chi connectivity index (χ0) is 23.2. The summed E-state index contributed by atoms with van der Waals surface area (Å²) in [7, 11) is 1.89. The molecule has 2 aromatic carbocycles. The molecule has 1 aromatic heterocycles. The number of phenolic OH excluding ortho intramolecular Hbond substituents is 1. The van der Waals surface area contributed by atoms with Gasteiger partial charge in [-0.15, -0.1) is 4.91 Å². The SMILES string of the molecule is Cc1cccc(C(O)c2c(C)oc3c(C4CCN(C)CC4O)c(N=O)cc(O)c3c2=O)c1. The summed E-state index contributed by atoms with van der Waals surface area (Å²) in [5.74, 6) is -0.771. The lowest BCUT2D eigenvalue weighted by Gasteiger charge is -2.34. The first kappa shape index (κ1) is 22.1. The second-order valence-corrected chi connectivity index (χ2v) is 8.57. The Bertz CT molecular complexity index is 1250. The average Bonchev–Trinajstić information content (AvgIpc) is 2.73. The van der Waals surface area contributed by atoms with E-state index in [9.17, 15) is 25.0 Å². The first-order chi connectivity index (χ1) is 15.2. The highest BCUT2D eigenvalue weighted by Crippen LogP contribution is 2.43. The van der Waals surface area contributed by atoms with Crippen LogP contribution in [0.25, 0.3) is 11.0 Å². The number of hydrogen-bond donors (Lipinski definition) is 3. The van der Waals surface area contributed by atoms with Crippen molar-refractivity contribution in [3.05, 3.63) is 73.5 Å². The van der Waals surface area contributed by atoms with Crippen LogP contribution in [0.1, 0.15) is 46.5 Å². The summed E-state index contributed by atoms with van der Waals surface area (Å²) in [5, 5.41) is 35.2. The highest BCUT2D eigenvalue weighted by molar-refractivity contribution is 5.91. The van der Waals surface area contributed by atoms with Gasteiger partial charge in [0.2, 0.25) is 5.43 Å². The summed E-state index contributed by atoms with van der Waals surface area (Å²) in [4.78, 5) is 27.0. The molecule has 1 aliphatic heterocycles. The van der Waals surface area contributed by atoms with Crippen molar-refractivity contribution < 1.29 is 19.7 Å². The Balaban J connectivity index is 1.97. The van der Waals surface area contributed by atoms with Crippen LogP contribution in [0.3, 0.4) is 0 Å². The van der Waals surface area contributed by atoms with Crippen LogP contribution in [0.4, 0.5) is 5.69 Å². The van der Waals surface area contributed by atoms with E-state index in [-0.39, 0.29) is 28.0 Å². The minimum Gasteiger partial charge on any atom is -0.507 e. The van der Waals surface area contributed by atoms with E-state index in [1.165, 1.54) is 0 Å². The summed E-state index contributed by atoms with van der Waals surface area (Å²) < 4.78 is 5.99. The third-order valence-corrected chi connectivity index (χ3v) is 6.27. The number of likely N-dealkylation sites (tertiary alicyclic amines) is 1. The number of aliphatic hydroxyl groups excluding tert-OH is 2. The van der Waals surface area contributed by atoms with Gasteiger partial charge < -0.3 is 24.6 Å². The predicted molar refractivity (Wildman–Crippen MR) is 120 cm³/mol. The maximum Gasteiger partial charge on any atom is 0.202 e. The van der Waals surface area contributed by atoms with Gasteiger partial charge in [0.05, 0.1) is 11.7 Å². The van der Waals surface area contributed by atoms with Crippen molar-refractivity contribution in [2.75, 3.05) is 20.1 Å². The minimum atomic E-state index is -1.25. The Morgan fingerprint density at radius 2 is 2.00 bits per heavy atom. The zero-order valence-electron chi connectivity index (χ0n) is 18.2. The van der Waals surface area contributed by atoms with Crippen molar-refractivity contribution in [2.24, 2.45) is 5.18 Å². The standard InChI is InChI=1S/C24H26N2O6/c1-12-5-4-6-14(9-12)22(29)19-13(2)32-24-20(15-7-8-26(3)11-18(15)28)16(25-31)10-17(27)21(24)23(19)30/h4-6,9-10,15,18,22,27-29H,7-8,11H2,1-3H3. The Morgan fingerprint density at radius 3 is 2.66 bits per heavy atom. The van der Waals surface area contributed by atoms with E-state index in [1.807, 2.05) is 24.9 Å². The highest BCUT2D eigenvalue weighted by Gasteiger charge is 2.34. The predicted octanol–water partition coefficient (Wildman–Crippen LogP) is 3.38. The zero-order valence-corrected chi connectivity index (χ0v) is 18.2. The molecule has 0 spiro atoms. The number of nitroso groups, excluding NO2 is 1. The fourth-order valence-electron chi connectivity index (χ4n) is 4.66. The van der Waals surface area contributed by atoms with Crippen LogP contribution >= 0.6 is 0 Å². The van der Waals surface area contributed by atoms with Gasteiger partial charge in [-0.25, -0.2) is 0 Å². The molecule has 8 heteroatoms. The smallest absolute Gasteiger partial charge is 0.202 e. The van der Waals surface area contributed by atoms with E-state index in [0.29, 0.717) is 30.6 Å². The van der Waals surface area contributed by atoms with E-state index in [1.54, 1.807) is 25.1 Å². The lowest BCUT2D eigenvalue weighted by atomic mass is 9.84. The molecule has 3 unspecified atom stereocenters. The topological polar surface area (TPSA) is 124 Å². The van der Waals surface area contributed by atoms with Gasteiger partial charge in [-0.05, 0) is 44.6 Å². The van der Waals surface area contributed by atoms with Crippen molar-refractivity contribution in [3.63, 3.8) is 0 Å². The molecular formula is C24H26N2O6. The first-order valence-electron chi connectivity index (χ1n) is 10.5. The van der Waals surface area contributed by atoms with E-state index in [0.717, 1.165) is 11.6 Å². The minimum absolute atomic E-state index is 0.0140. The third-order valence-electron chi connectivity index (χ3n) is 6.27. The third kappa shape index (κ3) is 3.70. The summed E-state index contributed by atoms with van der Waals surface area (Å²) in [6.07, 6.45) is -1.53. The van der Waals surface area contributed by atoms with Crippen LogP contribution in [0.15, 0.2) is 44.7 Å². The number of likely N-dealkylation sites (N-methyl/N-ethyl adjacent to an activating group) is 1. The number of hydrogen-bond acceptors (Lipinski definition) is 8. The molecule has 3 atom stereocenters. The number of aromatic hydroxyl groups is 1. The largest absolute Gasteiger partial charge is 0.507 e. The van der Waals surface area contributed by atoms with Gasteiger partial charge in [-0.1, -0.05) is 29.8 Å². The molecule has 0 aliphatic carbocycles. The van der Waals surface area contributed by atoms with Crippen LogP contribution in [0.2, 0.25) is 0 Å². The van der Waals surface area contributed by atoms with Gasteiger partial charge >= 0.3 is 0 Å². The van der Waals surface area contributed by atoms with Crippen molar-refractivity contribution in [2.45, 2.75) is 38.4 Å². The van der Waals surface area contributed by atoms with Gasteiger partial charge in [0.15, 0.2) is 0 Å². The number of aryl methyl sites for hydroxylation is 2. The van der Waals surface area contributed by atoms with E-state index in [2.05, 4.69) is 5.18 Å². The molecule has 8 nitrogen and oxygen atoms in total. The summed E-state index contributed by atoms with van der Waals surface area (Å²) in [5.41, 5.74) is 1.14. The maximum atomic E-state index is 13.5. The first-order valence-corrected chi connectivity index (χ1v) is 10.5. The fourth-order valence-corrected chi connectivity index (χ4v) is 4.66. The van der Waals surface area contributed by atoms with Crippen LogP contribution in [0, 0.1) is 18.8 Å². The molecule has 32 heavy (non-hydrogen) atoms. The number of phenols is 1. The number of fused-ring (bicyclic) bond motifs is 1. The summed E-state index contributed by atoms with van der Waals surface area (Å²) >= 11 is 0. The van der Waals surface area contributed by atoms with Crippen LogP contribution in [-0.2, 0) is 0 Å². The van der Waals surface area contributed by atoms with Gasteiger partial charge in [0, 0.05) is 24.1 Å². The van der Waals surface area contributed by atoms with E-state index in [4.69, 9.17) is 4.42 Å². The van der Waals surface area contributed by atoms with Crippen LogP contribution < -0.4 is 5.43 Å². The van der Waals surface area contributed by atoms with Crippen molar-refractivity contribution >= 4 is 16.7 Å². The molecule has 4 rings (SSSR count). The highest BCUT2D eigenvalue weighted by atomic mass is 16.3. The molecule has 1 aliphatic rings. The fraction of sp³-hybridized carbons (Fsp3) is 0.375. The normalized spacial score (nSPS) is 20.4. The van der Waals surface area contributed by atoms with E-state index < -0.39 is 29.3 Å². The number of piperidine rings is 1. The van der Waals surface area contributed by atoms with E-state index >= 15 is 0 Å². The number of aliphatic hydroxyl groups is 2. The van der Waals surface area contributed by atoms with Crippen molar-refractivity contribution in [1.29, 1.82) is 0 Å². The second kappa shape index (κ2) is 8.46. The van der Waals surface area contributed by atoms with Crippen LogP contribution in [0.5, 0.6) is 5.75 Å². The molecule has 1 saturated heterocycles. The maximum absolute atomic E-state index is 13.5. The van der Waals surface area contributed by atoms with Crippen molar-refractivity contribution in [1.82, 2.24) is 4.90 Å². The molecule has 3 N–H and O–H groups in total. The molecule has 1 fully saturated rings. The number of nitrogens with zero attached hydrogens (tertiary/aromatic N) is 2. The van der Waals surface area contributed by atoms with Gasteiger partial charge in [0.25, 0.3) is 0 Å². The molecule has 0 radical (unpaired) electrons. The molecule has 0 bridgehead atoms. The lowest BCUT2D eigenvalue weighted by molar-refractivity contribution is 0.0640. The molecule has 0 amide bonds. The Hall–Kier alpha value is -3.07.